The molecular formula is C23H22BrN3O3S. The van der Waals surface area contributed by atoms with Gasteiger partial charge in [0.25, 0.3) is 5.91 Å². The van der Waals surface area contributed by atoms with Gasteiger partial charge in [-0.2, -0.15) is 9.41 Å². The van der Waals surface area contributed by atoms with Crippen LogP contribution < -0.4 is 5.43 Å². The van der Waals surface area contributed by atoms with E-state index in [1.807, 2.05) is 60.7 Å². The highest BCUT2D eigenvalue weighted by Gasteiger charge is 2.26. The minimum absolute atomic E-state index is 0.129. The first-order valence-electron chi connectivity index (χ1n) is 9.62. The largest absolute Gasteiger partial charge is 0.272 e. The van der Waals surface area contributed by atoms with E-state index < -0.39 is 15.9 Å². The van der Waals surface area contributed by atoms with E-state index >= 15 is 0 Å². The second-order valence-corrected chi connectivity index (χ2v) is 9.59. The molecule has 3 rings (SSSR count). The first-order valence-corrected chi connectivity index (χ1v) is 11.8. The van der Waals surface area contributed by atoms with Crippen molar-refractivity contribution in [3.05, 3.63) is 101 Å². The quantitative estimate of drug-likeness (QED) is 0.358. The summed E-state index contributed by atoms with van der Waals surface area (Å²) < 4.78 is 28.3. The molecule has 0 heterocycles. The Morgan fingerprint density at radius 1 is 0.935 bits per heavy atom. The zero-order valence-electron chi connectivity index (χ0n) is 16.7. The molecule has 0 aromatic heterocycles. The predicted octanol–water partition coefficient (Wildman–Crippen LogP) is 3.83. The number of amides is 1. The van der Waals surface area contributed by atoms with E-state index in [9.17, 15) is 13.2 Å². The number of nitrogens with one attached hydrogen (secondary N) is 1. The second-order valence-electron chi connectivity index (χ2n) is 6.73. The Morgan fingerprint density at radius 2 is 1.55 bits per heavy atom. The van der Waals surface area contributed by atoms with E-state index in [0.717, 1.165) is 15.6 Å². The fourth-order valence-corrected chi connectivity index (χ4v) is 4.51. The van der Waals surface area contributed by atoms with Crippen molar-refractivity contribution in [3.8, 4) is 0 Å². The molecule has 0 fully saturated rings. The lowest BCUT2D eigenvalue weighted by molar-refractivity contribution is -0.121. The molecular weight excluding hydrogens is 478 g/mol. The number of carbonyl (C=O) groups is 1. The highest BCUT2D eigenvalue weighted by molar-refractivity contribution is 9.10. The summed E-state index contributed by atoms with van der Waals surface area (Å²) >= 11 is 3.31. The van der Waals surface area contributed by atoms with Crippen molar-refractivity contribution in [2.45, 2.75) is 11.3 Å². The summed E-state index contributed by atoms with van der Waals surface area (Å²) in [5.74, 6) is -0.513. The van der Waals surface area contributed by atoms with Crippen molar-refractivity contribution in [1.29, 1.82) is 0 Å². The molecule has 160 valence electrons. The van der Waals surface area contributed by atoms with E-state index in [-0.39, 0.29) is 18.0 Å². The molecule has 0 aliphatic rings. The molecule has 1 N–H and O–H groups in total. The van der Waals surface area contributed by atoms with Crippen molar-refractivity contribution >= 4 is 38.1 Å². The van der Waals surface area contributed by atoms with Crippen LogP contribution in [0.5, 0.6) is 0 Å². The highest BCUT2D eigenvalue weighted by Crippen LogP contribution is 2.19. The number of benzene rings is 3. The Bertz CT molecular complexity index is 1120. The zero-order chi connectivity index (χ0) is 22.1. The van der Waals surface area contributed by atoms with Crippen LogP contribution >= 0.6 is 15.9 Å². The summed E-state index contributed by atoms with van der Waals surface area (Å²) in [5.41, 5.74) is 4.22. The number of hydrogen-bond acceptors (Lipinski definition) is 4. The normalized spacial score (nSPS) is 11.7. The molecule has 0 saturated heterocycles. The van der Waals surface area contributed by atoms with Gasteiger partial charge >= 0.3 is 0 Å². The van der Waals surface area contributed by atoms with Crippen LogP contribution in [-0.2, 0) is 21.2 Å². The van der Waals surface area contributed by atoms with E-state index in [0.29, 0.717) is 6.42 Å². The molecule has 8 heteroatoms. The maximum Gasteiger partial charge on any atom is 0.255 e. The maximum atomic E-state index is 13.2. The van der Waals surface area contributed by atoms with Gasteiger partial charge < -0.3 is 0 Å². The average Bonchev–Trinajstić information content (AvgIpc) is 2.78. The van der Waals surface area contributed by atoms with Crippen LogP contribution in [-0.4, -0.2) is 37.9 Å². The molecule has 1 amide bonds. The second kappa shape index (κ2) is 11.0. The topological polar surface area (TPSA) is 78.8 Å². The summed E-state index contributed by atoms with van der Waals surface area (Å²) in [6.07, 6.45) is 1.99. The molecule has 31 heavy (non-hydrogen) atoms. The van der Waals surface area contributed by atoms with Crippen LogP contribution in [0.1, 0.15) is 11.1 Å². The standard InChI is InChI=1S/C23H22BrN3O3S/c24-21-11-13-22(14-12-21)31(29,30)27(16-15-19-7-3-1-4-8-19)18-23(28)26-25-17-20-9-5-2-6-10-20/h1-14,17H,15-16,18H2,(H,26,28)/b25-17+. The molecule has 6 nitrogen and oxygen atoms in total. The lowest BCUT2D eigenvalue weighted by Crippen LogP contribution is -2.40. The summed E-state index contributed by atoms with van der Waals surface area (Å²) in [6.45, 7) is -0.171. The van der Waals surface area contributed by atoms with Gasteiger partial charge in [0.15, 0.2) is 0 Å². The molecule has 0 atom stereocenters. The fraction of sp³-hybridized carbons (Fsp3) is 0.130. The molecule has 0 radical (unpaired) electrons. The van der Waals surface area contributed by atoms with Crippen molar-refractivity contribution in [2.24, 2.45) is 5.10 Å². The molecule has 0 saturated carbocycles. The van der Waals surface area contributed by atoms with Gasteiger partial charge in [-0.15, -0.1) is 0 Å². The van der Waals surface area contributed by atoms with E-state index in [4.69, 9.17) is 0 Å². The first-order chi connectivity index (χ1) is 14.9. The summed E-state index contributed by atoms with van der Waals surface area (Å²) in [5, 5.41) is 3.93. The minimum atomic E-state index is -3.86. The van der Waals surface area contributed by atoms with Crippen molar-refractivity contribution in [3.63, 3.8) is 0 Å². The zero-order valence-corrected chi connectivity index (χ0v) is 19.1. The summed E-state index contributed by atoms with van der Waals surface area (Å²) in [7, 11) is -3.86. The summed E-state index contributed by atoms with van der Waals surface area (Å²) in [6, 6.07) is 25.2. The number of halogens is 1. The predicted molar refractivity (Wildman–Crippen MR) is 125 cm³/mol. The molecule has 0 aliphatic carbocycles. The average molecular weight is 500 g/mol. The van der Waals surface area contributed by atoms with Gasteiger partial charge in [0.05, 0.1) is 17.7 Å². The van der Waals surface area contributed by atoms with Gasteiger partial charge in [-0.25, -0.2) is 13.8 Å². The van der Waals surface area contributed by atoms with Crippen LogP contribution in [0.25, 0.3) is 0 Å². The Kier molecular flexibility index (Phi) is 8.11. The Morgan fingerprint density at radius 3 is 2.19 bits per heavy atom. The highest BCUT2D eigenvalue weighted by atomic mass is 79.9. The van der Waals surface area contributed by atoms with Crippen LogP contribution in [0.2, 0.25) is 0 Å². The van der Waals surface area contributed by atoms with Gasteiger partial charge in [-0.05, 0) is 41.8 Å². The molecule has 0 unspecified atom stereocenters. The third kappa shape index (κ3) is 6.85. The molecule has 0 bridgehead atoms. The van der Waals surface area contributed by atoms with Crippen LogP contribution in [0, 0.1) is 0 Å². The number of sulfonamides is 1. The van der Waals surface area contributed by atoms with Crippen molar-refractivity contribution in [2.75, 3.05) is 13.1 Å². The Balaban J connectivity index is 1.73. The molecule has 0 spiro atoms. The fourth-order valence-electron chi connectivity index (χ4n) is 2.85. The van der Waals surface area contributed by atoms with Crippen LogP contribution in [0.4, 0.5) is 0 Å². The third-order valence-electron chi connectivity index (χ3n) is 4.47. The first kappa shape index (κ1) is 22.9. The van der Waals surface area contributed by atoms with Crippen molar-refractivity contribution < 1.29 is 13.2 Å². The number of carbonyl (C=O) groups excluding carboxylic acids is 1. The molecule has 3 aromatic rings. The lowest BCUT2D eigenvalue weighted by Gasteiger charge is -2.21. The Hall–Kier alpha value is -2.81. The van der Waals surface area contributed by atoms with Gasteiger partial charge in [0.1, 0.15) is 0 Å². The smallest absolute Gasteiger partial charge is 0.255 e. The van der Waals surface area contributed by atoms with Gasteiger partial charge in [0, 0.05) is 11.0 Å². The minimum Gasteiger partial charge on any atom is -0.272 e. The summed E-state index contributed by atoms with van der Waals surface area (Å²) in [4.78, 5) is 12.6. The maximum absolute atomic E-state index is 13.2. The van der Waals surface area contributed by atoms with Crippen molar-refractivity contribution in [1.82, 2.24) is 9.73 Å². The van der Waals surface area contributed by atoms with E-state index in [1.54, 1.807) is 12.1 Å². The van der Waals surface area contributed by atoms with E-state index in [2.05, 4.69) is 26.5 Å². The number of hydrogen-bond donors (Lipinski definition) is 1. The van der Waals surface area contributed by atoms with Gasteiger partial charge in [-0.3, -0.25) is 4.79 Å². The Labute approximate surface area is 190 Å². The van der Waals surface area contributed by atoms with Crippen LogP contribution in [0.3, 0.4) is 0 Å². The number of rotatable bonds is 9. The third-order valence-corrected chi connectivity index (χ3v) is 6.85. The van der Waals surface area contributed by atoms with Crippen LogP contribution in [0.15, 0.2) is 99.4 Å². The number of nitrogens with zero attached hydrogens (tertiary/aromatic N) is 2. The monoisotopic (exact) mass is 499 g/mol. The molecule has 0 aliphatic heterocycles. The SMILES string of the molecule is O=C(CN(CCc1ccccc1)S(=O)(=O)c1ccc(Br)cc1)N/N=C/c1ccccc1. The molecule has 3 aromatic carbocycles. The van der Waals surface area contributed by atoms with E-state index in [1.165, 1.54) is 22.7 Å². The lowest BCUT2D eigenvalue weighted by atomic mass is 10.1. The number of hydrazone groups is 1. The van der Waals surface area contributed by atoms with Gasteiger partial charge in [0.2, 0.25) is 10.0 Å². The van der Waals surface area contributed by atoms with Gasteiger partial charge in [-0.1, -0.05) is 76.6 Å².